The molecule has 3 rings (SSSR count). The van der Waals surface area contributed by atoms with Crippen molar-refractivity contribution in [3.05, 3.63) is 23.8 Å². The highest BCUT2D eigenvalue weighted by Gasteiger charge is 2.21. The highest BCUT2D eigenvalue weighted by Crippen LogP contribution is 2.28. The van der Waals surface area contributed by atoms with Gasteiger partial charge in [0.1, 0.15) is 12.7 Å². The molecule has 1 aromatic carbocycles. The molecule has 7 heteroatoms. The fraction of sp³-hybridized carbons (Fsp3) is 0.760. The number of β-amino-alcohol motifs (C(OH)–C–C–N with tert-alkyl or cyclic N) is 1. The first-order valence-electron chi connectivity index (χ1n) is 12.3. The van der Waals surface area contributed by atoms with Gasteiger partial charge in [-0.2, -0.15) is 0 Å². The van der Waals surface area contributed by atoms with E-state index in [2.05, 4.69) is 47.0 Å². The van der Waals surface area contributed by atoms with Crippen molar-refractivity contribution in [2.45, 2.75) is 45.4 Å². The highest BCUT2D eigenvalue weighted by atomic mass is 16.5. The average Bonchev–Trinajstić information content (AvgIpc) is 2.79. The van der Waals surface area contributed by atoms with Gasteiger partial charge < -0.3 is 29.7 Å². The fourth-order valence-electron chi connectivity index (χ4n) is 4.61. The number of benzene rings is 1. The van der Waals surface area contributed by atoms with E-state index < -0.39 is 6.10 Å². The molecule has 2 N–H and O–H groups in total. The Morgan fingerprint density at radius 1 is 1.06 bits per heavy atom. The minimum absolute atomic E-state index is 0.272. The Hall–Kier alpha value is -1.38. The van der Waals surface area contributed by atoms with Gasteiger partial charge >= 0.3 is 0 Å². The van der Waals surface area contributed by atoms with Gasteiger partial charge in [-0.15, -0.1) is 0 Å². The third kappa shape index (κ3) is 7.89. The molecule has 2 saturated heterocycles. The van der Waals surface area contributed by atoms with Gasteiger partial charge in [0.25, 0.3) is 0 Å². The molecular weight excluding hydrogens is 404 g/mol. The summed E-state index contributed by atoms with van der Waals surface area (Å²) in [5, 5.41) is 14.1. The van der Waals surface area contributed by atoms with Crippen LogP contribution in [0.1, 0.15) is 32.3 Å². The quantitative estimate of drug-likeness (QED) is 0.536. The zero-order chi connectivity index (χ0) is 22.9. The first-order valence-corrected chi connectivity index (χ1v) is 12.3. The molecule has 0 radical (unpaired) electrons. The van der Waals surface area contributed by atoms with Crippen LogP contribution in [0.2, 0.25) is 0 Å². The maximum absolute atomic E-state index is 10.5. The molecule has 0 aliphatic carbocycles. The lowest BCUT2D eigenvalue weighted by molar-refractivity contribution is 0.0497. The summed E-state index contributed by atoms with van der Waals surface area (Å²) in [6.45, 7) is 13.9. The summed E-state index contributed by atoms with van der Waals surface area (Å²) in [7, 11) is 3.80. The van der Waals surface area contributed by atoms with E-state index in [-0.39, 0.29) is 6.61 Å². The van der Waals surface area contributed by atoms with E-state index in [0.717, 1.165) is 45.2 Å². The van der Waals surface area contributed by atoms with Crippen molar-refractivity contribution in [2.24, 2.45) is 5.92 Å². The first-order chi connectivity index (χ1) is 15.4. The molecule has 0 aromatic heterocycles. The van der Waals surface area contributed by atoms with Gasteiger partial charge in [-0.1, -0.05) is 6.07 Å². The summed E-state index contributed by atoms with van der Waals surface area (Å²) in [5.41, 5.74) is 1.17. The molecule has 0 bridgehead atoms. The molecule has 0 saturated carbocycles. The molecule has 1 aromatic rings. The van der Waals surface area contributed by atoms with E-state index >= 15 is 0 Å². The summed E-state index contributed by atoms with van der Waals surface area (Å²) in [4.78, 5) is 7.19. The highest BCUT2D eigenvalue weighted by molar-refractivity contribution is 5.43. The number of hydrogen-bond donors (Lipinski definition) is 2. The first kappa shape index (κ1) is 25.2. The minimum atomic E-state index is -0.512. The van der Waals surface area contributed by atoms with Gasteiger partial charge in [0.05, 0.1) is 7.11 Å². The molecule has 0 unspecified atom stereocenters. The lowest BCUT2D eigenvalue weighted by atomic mass is 9.96. The topological polar surface area (TPSA) is 60.4 Å². The number of piperazine rings is 1. The van der Waals surface area contributed by atoms with Crippen LogP contribution >= 0.6 is 0 Å². The van der Waals surface area contributed by atoms with Crippen LogP contribution in [0.25, 0.3) is 0 Å². The van der Waals surface area contributed by atoms with Crippen molar-refractivity contribution in [3.8, 4) is 11.5 Å². The van der Waals surface area contributed by atoms with E-state index in [1.165, 1.54) is 31.5 Å². The van der Waals surface area contributed by atoms with E-state index in [1.807, 2.05) is 12.1 Å². The van der Waals surface area contributed by atoms with Gasteiger partial charge in [0.15, 0.2) is 11.5 Å². The number of methoxy groups -OCH3 is 1. The van der Waals surface area contributed by atoms with Gasteiger partial charge in [0.2, 0.25) is 0 Å². The standard InChI is InChI=1S/C25H44N4O3/c1-20(2)29-9-7-21(8-10-29)16-26-17-22-5-6-24(31-4)25(15-22)32-19-23(30)18-28-13-11-27(3)12-14-28/h5-6,15,20-21,23,26,30H,7-14,16-19H2,1-4H3/t23-/m0/s1. The number of likely N-dealkylation sites (N-methyl/N-ethyl adjacent to an activating group) is 1. The number of nitrogens with zero attached hydrogens (tertiary/aromatic N) is 3. The summed E-state index contributed by atoms with van der Waals surface area (Å²) in [5.74, 6) is 2.17. The molecular formula is C25H44N4O3. The van der Waals surface area contributed by atoms with Gasteiger partial charge in [0, 0.05) is 45.3 Å². The van der Waals surface area contributed by atoms with Crippen LogP contribution < -0.4 is 14.8 Å². The molecule has 32 heavy (non-hydrogen) atoms. The summed E-state index contributed by atoms with van der Waals surface area (Å²) < 4.78 is 11.5. The van der Waals surface area contributed by atoms with Crippen LogP contribution in [0.15, 0.2) is 18.2 Å². The Balaban J connectivity index is 1.42. The Morgan fingerprint density at radius 2 is 1.78 bits per heavy atom. The average molecular weight is 449 g/mol. The third-order valence-corrected chi connectivity index (χ3v) is 6.87. The summed E-state index contributed by atoms with van der Waals surface area (Å²) in [6.07, 6.45) is 2.03. The van der Waals surface area contributed by atoms with Crippen LogP contribution in [0.4, 0.5) is 0 Å². The van der Waals surface area contributed by atoms with E-state index in [0.29, 0.717) is 24.1 Å². The number of hydrogen-bond acceptors (Lipinski definition) is 7. The second kappa shape index (κ2) is 12.8. The maximum Gasteiger partial charge on any atom is 0.161 e. The predicted molar refractivity (Wildman–Crippen MR) is 130 cm³/mol. The zero-order valence-corrected chi connectivity index (χ0v) is 20.6. The number of aliphatic hydroxyl groups is 1. The third-order valence-electron chi connectivity index (χ3n) is 6.87. The largest absolute Gasteiger partial charge is 0.493 e. The molecule has 2 aliphatic heterocycles. The minimum Gasteiger partial charge on any atom is -0.493 e. The maximum atomic E-state index is 10.5. The summed E-state index contributed by atoms with van der Waals surface area (Å²) >= 11 is 0. The fourth-order valence-corrected chi connectivity index (χ4v) is 4.61. The molecule has 2 heterocycles. The van der Waals surface area contributed by atoms with Crippen LogP contribution in [0.5, 0.6) is 11.5 Å². The van der Waals surface area contributed by atoms with Crippen LogP contribution in [-0.4, -0.2) is 105 Å². The zero-order valence-electron chi connectivity index (χ0n) is 20.6. The second-order valence-electron chi connectivity index (χ2n) is 9.76. The Morgan fingerprint density at radius 3 is 2.44 bits per heavy atom. The molecule has 0 spiro atoms. The van der Waals surface area contributed by atoms with Gasteiger partial charge in [-0.25, -0.2) is 0 Å². The van der Waals surface area contributed by atoms with Crippen LogP contribution in [0.3, 0.4) is 0 Å². The van der Waals surface area contributed by atoms with Gasteiger partial charge in [-0.3, -0.25) is 4.90 Å². The Labute approximate surface area is 194 Å². The summed E-state index contributed by atoms with van der Waals surface area (Å²) in [6, 6.07) is 6.73. The molecule has 7 nitrogen and oxygen atoms in total. The molecule has 182 valence electrons. The van der Waals surface area contributed by atoms with Crippen molar-refractivity contribution >= 4 is 0 Å². The number of piperidine rings is 1. The number of nitrogens with one attached hydrogen (secondary N) is 1. The van der Waals surface area contributed by atoms with Crippen molar-refractivity contribution in [1.82, 2.24) is 20.0 Å². The number of likely N-dealkylation sites (tertiary alicyclic amines) is 1. The molecule has 2 aliphatic rings. The van der Waals surface area contributed by atoms with Crippen molar-refractivity contribution < 1.29 is 14.6 Å². The smallest absolute Gasteiger partial charge is 0.161 e. The molecule has 1 atom stereocenters. The van der Waals surface area contributed by atoms with Crippen molar-refractivity contribution in [1.29, 1.82) is 0 Å². The van der Waals surface area contributed by atoms with Gasteiger partial charge in [-0.05, 0) is 77.0 Å². The Kier molecular flexibility index (Phi) is 10.1. The normalized spacial score (nSPS) is 20.6. The molecule has 2 fully saturated rings. The SMILES string of the molecule is COc1ccc(CNCC2CCN(C(C)C)CC2)cc1OC[C@@H](O)CN1CCN(C)CC1. The lowest BCUT2D eigenvalue weighted by Gasteiger charge is -2.34. The van der Waals surface area contributed by atoms with Crippen LogP contribution in [0, 0.1) is 5.92 Å². The lowest BCUT2D eigenvalue weighted by Crippen LogP contribution is -2.47. The van der Waals surface area contributed by atoms with Crippen molar-refractivity contribution in [2.75, 3.05) is 73.1 Å². The van der Waals surface area contributed by atoms with E-state index in [9.17, 15) is 5.11 Å². The van der Waals surface area contributed by atoms with E-state index in [4.69, 9.17) is 9.47 Å². The number of aliphatic hydroxyl groups excluding tert-OH is 1. The predicted octanol–water partition coefficient (Wildman–Crippen LogP) is 1.89. The number of ether oxygens (including phenoxy) is 2. The monoisotopic (exact) mass is 448 g/mol. The van der Waals surface area contributed by atoms with Crippen LogP contribution in [-0.2, 0) is 6.54 Å². The Bertz CT molecular complexity index is 671. The number of rotatable bonds is 11. The van der Waals surface area contributed by atoms with Crippen molar-refractivity contribution in [3.63, 3.8) is 0 Å². The second-order valence-corrected chi connectivity index (χ2v) is 9.76. The van der Waals surface area contributed by atoms with E-state index in [1.54, 1.807) is 7.11 Å². The molecule has 0 amide bonds.